The fourth-order valence-electron chi connectivity index (χ4n) is 2.83. The lowest BCUT2D eigenvalue weighted by molar-refractivity contribution is -0.137. The molecule has 0 aliphatic carbocycles. The molecular weight excluding hydrogens is 387 g/mol. The van der Waals surface area contributed by atoms with Crippen LogP contribution in [-0.4, -0.2) is 9.66 Å². The lowest BCUT2D eigenvalue weighted by Crippen LogP contribution is -2.31. The number of thiophene rings is 1. The molecule has 2 aromatic heterocycles. The normalized spacial score (nSPS) is 11.7. The monoisotopic (exact) mass is 401 g/mol. The third-order valence-corrected chi connectivity index (χ3v) is 5.11. The lowest BCUT2D eigenvalue weighted by Gasteiger charge is -2.15. The van der Waals surface area contributed by atoms with Crippen LogP contribution in [0, 0.1) is 0 Å². The Balaban J connectivity index is 1.71. The number of aromatic nitrogens is 2. The molecule has 0 bridgehead atoms. The largest absolute Gasteiger partial charge is 0.416 e. The van der Waals surface area contributed by atoms with Gasteiger partial charge in [0.15, 0.2) is 5.82 Å². The number of halogens is 3. The van der Waals surface area contributed by atoms with Crippen molar-refractivity contribution in [2.24, 2.45) is 0 Å². The molecule has 0 saturated carbocycles. The van der Waals surface area contributed by atoms with Crippen LogP contribution in [0.1, 0.15) is 11.1 Å². The van der Waals surface area contributed by atoms with Gasteiger partial charge in [0.05, 0.1) is 27.9 Å². The Bertz CT molecular complexity index is 1170. The first-order valence-corrected chi connectivity index (χ1v) is 9.27. The van der Waals surface area contributed by atoms with Crippen LogP contribution in [0.15, 0.2) is 70.8 Å². The van der Waals surface area contributed by atoms with Crippen LogP contribution in [0.3, 0.4) is 0 Å². The van der Waals surface area contributed by atoms with E-state index in [1.165, 1.54) is 28.1 Å². The molecule has 0 aliphatic heterocycles. The minimum atomic E-state index is -4.38. The molecule has 8 heteroatoms. The number of alkyl halides is 3. The highest BCUT2D eigenvalue weighted by Crippen LogP contribution is 2.29. The average molecular weight is 401 g/mol. The van der Waals surface area contributed by atoms with Crippen LogP contribution in [0.4, 0.5) is 13.2 Å². The average Bonchev–Trinajstić information content (AvgIpc) is 3.21. The van der Waals surface area contributed by atoms with Crippen LogP contribution < -0.4 is 11.0 Å². The summed E-state index contributed by atoms with van der Waals surface area (Å²) in [4.78, 5) is 18.4. The van der Waals surface area contributed by atoms with Gasteiger partial charge < -0.3 is 5.43 Å². The van der Waals surface area contributed by atoms with Gasteiger partial charge in [-0.1, -0.05) is 30.3 Å². The summed E-state index contributed by atoms with van der Waals surface area (Å²) < 4.78 is 39.5. The van der Waals surface area contributed by atoms with E-state index in [1.54, 1.807) is 18.2 Å². The lowest BCUT2D eigenvalue weighted by atomic mass is 10.1. The molecular formula is C20H14F3N3OS. The minimum absolute atomic E-state index is 0.177. The maximum absolute atomic E-state index is 13.0. The van der Waals surface area contributed by atoms with Gasteiger partial charge in [-0.3, -0.25) is 4.79 Å². The summed E-state index contributed by atoms with van der Waals surface area (Å²) in [5.74, 6) is 0.464. The predicted molar refractivity (Wildman–Crippen MR) is 104 cm³/mol. The van der Waals surface area contributed by atoms with Crippen LogP contribution in [0.2, 0.25) is 0 Å². The zero-order valence-electron chi connectivity index (χ0n) is 14.4. The fraction of sp³-hybridized carbons (Fsp3) is 0.100. The van der Waals surface area contributed by atoms with Gasteiger partial charge in [0.2, 0.25) is 0 Å². The van der Waals surface area contributed by atoms with Crippen molar-refractivity contribution in [3.05, 3.63) is 87.5 Å². The molecule has 0 radical (unpaired) electrons. The van der Waals surface area contributed by atoms with E-state index in [0.717, 1.165) is 17.0 Å². The molecule has 142 valence electrons. The molecule has 0 aliphatic rings. The number of hydrogen-bond donors (Lipinski definition) is 1. The van der Waals surface area contributed by atoms with E-state index in [1.807, 2.05) is 23.6 Å². The van der Waals surface area contributed by atoms with Crippen LogP contribution in [0.25, 0.3) is 21.6 Å². The van der Waals surface area contributed by atoms with E-state index in [-0.39, 0.29) is 12.1 Å². The highest BCUT2D eigenvalue weighted by molar-refractivity contribution is 7.13. The van der Waals surface area contributed by atoms with E-state index < -0.39 is 11.7 Å². The van der Waals surface area contributed by atoms with Crippen molar-refractivity contribution in [2.75, 3.05) is 5.43 Å². The third-order valence-electron chi connectivity index (χ3n) is 4.24. The van der Waals surface area contributed by atoms with E-state index in [0.29, 0.717) is 22.3 Å². The summed E-state index contributed by atoms with van der Waals surface area (Å²) in [6.45, 7) is 0.177. The summed E-state index contributed by atoms with van der Waals surface area (Å²) in [5, 5.41) is 2.35. The van der Waals surface area contributed by atoms with Crippen molar-refractivity contribution in [1.29, 1.82) is 0 Å². The summed E-state index contributed by atoms with van der Waals surface area (Å²) in [5.41, 5.74) is 3.23. The first-order chi connectivity index (χ1) is 13.4. The number of para-hydroxylation sites is 1. The molecule has 1 N–H and O–H groups in total. The van der Waals surface area contributed by atoms with E-state index in [2.05, 4.69) is 10.4 Å². The Morgan fingerprint density at radius 2 is 1.75 bits per heavy atom. The zero-order chi connectivity index (χ0) is 19.7. The van der Waals surface area contributed by atoms with Gasteiger partial charge in [-0.05, 0) is 41.3 Å². The van der Waals surface area contributed by atoms with Crippen molar-refractivity contribution in [3.8, 4) is 10.7 Å². The molecule has 0 atom stereocenters. The number of nitrogens with zero attached hydrogens (tertiary/aromatic N) is 2. The minimum Gasteiger partial charge on any atom is -0.317 e. The molecule has 2 heterocycles. The Morgan fingerprint density at radius 1 is 1.00 bits per heavy atom. The Morgan fingerprint density at radius 3 is 2.43 bits per heavy atom. The standard InChI is InChI=1S/C20H14F3N3OS/c21-20(22,23)14-9-7-13(8-10-14)12-24-26-18(17-6-3-11-28-17)25-16-5-2-1-4-15(16)19(26)27/h1-11,24H,12H2. The van der Waals surface area contributed by atoms with Gasteiger partial charge in [0, 0.05) is 0 Å². The van der Waals surface area contributed by atoms with Gasteiger partial charge in [0.1, 0.15) is 0 Å². The highest BCUT2D eigenvalue weighted by Gasteiger charge is 2.29. The Hall–Kier alpha value is -3.13. The Labute approximate surface area is 161 Å². The summed E-state index contributed by atoms with van der Waals surface area (Å²) in [6, 6.07) is 15.6. The second-order valence-electron chi connectivity index (χ2n) is 6.10. The zero-order valence-corrected chi connectivity index (χ0v) is 15.2. The number of fused-ring (bicyclic) bond motifs is 1. The number of hydrogen-bond acceptors (Lipinski definition) is 4. The van der Waals surface area contributed by atoms with Gasteiger partial charge in [0.25, 0.3) is 5.56 Å². The molecule has 0 fully saturated rings. The number of rotatable bonds is 4. The first-order valence-electron chi connectivity index (χ1n) is 8.39. The number of benzene rings is 2. The SMILES string of the molecule is O=c1c2ccccc2nc(-c2cccs2)n1NCc1ccc(C(F)(F)F)cc1. The van der Waals surface area contributed by atoms with E-state index in [9.17, 15) is 18.0 Å². The van der Waals surface area contributed by atoms with Gasteiger partial charge in [-0.2, -0.15) is 13.2 Å². The molecule has 0 unspecified atom stereocenters. The maximum Gasteiger partial charge on any atom is 0.416 e. The molecule has 0 spiro atoms. The van der Waals surface area contributed by atoms with Crippen molar-refractivity contribution >= 4 is 22.2 Å². The second-order valence-corrected chi connectivity index (χ2v) is 7.05. The number of nitrogens with one attached hydrogen (secondary N) is 1. The van der Waals surface area contributed by atoms with E-state index >= 15 is 0 Å². The molecule has 0 amide bonds. The molecule has 4 aromatic rings. The van der Waals surface area contributed by atoms with E-state index in [4.69, 9.17) is 0 Å². The fourth-order valence-corrected chi connectivity index (χ4v) is 3.54. The quantitative estimate of drug-likeness (QED) is 0.530. The summed E-state index contributed by atoms with van der Waals surface area (Å²) in [7, 11) is 0. The molecule has 0 saturated heterocycles. The predicted octanol–water partition coefficient (Wildman–Crippen LogP) is 4.89. The first kappa shape index (κ1) is 18.2. The smallest absolute Gasteiger partial charge is 0.317 e. The van der Waals surface area contributed by atoms with Crippen molar-refractivity contribution in [2.45, 2.75) is 12.7 Å². The Kier molecular flexibility index (Phi) is 4.64. The van der Waals surface area contributed by atoms with Crippen molar-refractivity contribution in [3.63, 3.8) is 0 Å². The van der Waals surface area contributed by atoms with Crippen LogP contribution >= 0.6 is 11.3 Å². The summed E-state index contributed by atoms with van der Waals surface area (Å²) in [6.07, 6.45) is -4.38. The third kappa shape index (κ3) is 3.50. The van der Waals surface area contributed by atoms with Gasteiger partial charge in [-0.25, -0.2) is 9.66 Å². The topological polar surface area (TPSA) is 46.9 Å². The maximum atomic E-state index is 13.0. The highest BCUT2D eigenvalue weighted by atomic mass is 32.1. The van der Waals surface area contributed by atoms with Gasteiger partial charge in [-0.15, -0.1) is 11.3 Å². The molecule has 4 nitrogen and oxygen atoms in total. The molecule has 28 heavy (non-hydrogen) atoms. The van der Waals surface area contributed by atoms with Crippen LogP contribution in [0.5, 0.6) is 0 Å². The van der Waals surface area contributed by atoms with Gasteiger partial charge >= 0.3 is 6.18 Å². The van der Waals surface area contributed by atoms with Crippen LogP contribution in [-0.2, 0) is 12.7 Å². The second kappa shape index (κ2) is 7.12. The van der Waals surface area contributed by atoms with Crippen molar-refractivity contribution in [1.82, 2.24) is 9.66 Å². The van der Waals surface area contributed by atoms with Crippen molar-refractivity contribution < 1.29 is 13.2 Å². The molecule has 4 rings (SSSR count). The molecule has 2 aromatic carbocycles. The summed E-state index contributed by atoms with van der Waals surface area (Å²) >= 11 is 1.45.